The first-order chi connectivity index (χ1) is 7.25. The van der Waals surface area contributed by atoms with Gasteiger partial charge in [0.15, 0.2) is 5.82 Å². The SMILES string of the molecule is O=[N+]([O-])/C=C1\NCCN1Cc1ccc[nH]1. The minimum absolute atomic E-state index is 0.435. The molecule has 0 aliphatic carbocycles. The fourth-order valence-electron chi connectivity index (χ4n) is 1.61. The highest BCUT2D eigenvalue weighted by Gasteiger charge is 2.19. The summed E-state index contributed by atoms with van der Waals surface area (Å²) >= 11 is 0. The molecule has 0 saturated carbocycles. The van der Waals surface area contributed by atoms with Gasteiger partial charge in [0, 0.05) is 25.0 Å². The first kappa shape index (κ1) is 9.57. The molecule has 2 N–H and O–H groups in total. The van der Waals surface area contributed by atoms with Crippen molar-refractivity contribution in [2.45, 2.75) is 6.54 Å². The molecule has 0 spiro atoms. The van der Waals surface area contributed by atoms with Gasteiger partial charge in [-0.3, -0.25) is 10.1 Å². The monoisotopic (exact) mass is 208 g/mol. The van der Waals surface area contributed by atoms with Crippen LogP contribution >= 0.6 is 0 Å². The lowest BCUT2D eigenvalue weighted by molar-refractivity contribution is -0.404. The summed E-state index contributed by atoms with van der Waals surface area (Å²) in [6.45, 7) is 2.21. The molecule has 2 heterocycles. The Kier molecular flexibility index (Phi) is 2.57. The number of hydrogen-bond acceptors (Lipinski definition) is 4. The molecule has 0 aromatic carbocycles. The fourth-order valence-corrected chi connectivity index (χ4v) is 1.61. The molecule has 1 aliphatic rings. The predicted octanol–water partition coefficient (Wildman–Crippen LogP) is 0.495. The first-order valence-corrected chi connectivity index (χ1v) is 4.72. The van der Waals surface area contributed by atoms with Crippen molar-refractivity contribution in [3.63, 3.8) is 0 Å². The van der Waals surface area contributed by atoms with Gasteiger partial charge in [0.1, 0.15) is 0 Å². The van der Waals surface area contributed by atoms with E-state index in [0.29, 0.717) is 12.4 Å². The van der Waals surface area contributed by atoms with Crippen molar-refractivity contribution in [2.75, 3.05) is 13.1 Å². The van der Waals surface area contributed by atoms with Crippen molar-refractivity contribution in [3.8, 4) is 0 Å². The quantitative estimate of drug-likeness (QED) is 0.560. The molecule has 80 valence electrons. The standard InChI is InChI=1S/C9H12N4O2/c14-13(15)7-9-11-4-5-12(9)6-8-2-1-3-10-8/h1-3,7,10-11H,4-6H2/b9-7+. The number of rotatable bonds is 3. The lowest BCUT2D eigenvalue weighted by atomic mass is 10.4. The maximum absolute atomic E-state index is 10.4. The van der Waals surface area contributed by atoms with Crippen molar-refractivity contribution in [3.05, 3.63) is 46.2 Å². The van der Waals surface area contributed by atoms with Crippen LogP contribution in [0.15, 0.2) is 30.4 Å². The molecule has 6 heteroatoms. The molecule has 1 aromatic rings. The van der Waals surface area contributed by atoms with Crippen molar-refractivity contribution in [2.24, 2.45) is 0 Å². The average Bonchev–Trinajstić information content (AvgIpc) is 2.78. The van der Waals surface area contributed by atoms with E-state index in [0.717, 1.165) is 25.0 Å². The zero-order valence-corrected chi connectivity index (χ0v) is 8.14. The van der Waals surface area contributed by atoms with E-state index in [4.69, 9.17) is 0 Å². The molecule has 1 saturated heterocycles. The summed E-state index contributed by atoms with van der Waals surface area (Å²) in [6, 6.07) is 3.87. The zero-order valence-electron chi connectivity index (χ0n) is 8.14. The van der Waals surface area contributed by atoms with Crippen LogP contribution < -0.4 is 5.32 Å². The summed E-state index contributed by atoms with van der Waals surface area (Å²) in [4.78, 5) is 14.9. The van der Waals surface area contributed by atoms with Gasteiger partial charge >= 0.3 is 0 Å². The number of nitrogens with zero attached hydrogens (tertiary/aromatic N) is 2. The molecule has 15 heavy (non-hydrogen) atoms. The Morgan fingerprint density at radius 1 is 1.67 bits per heavy atom. The van der Waals surface area contributed by atoms with Crippen molar-refractivity contribution in [1.29, 1.82) is 0 Å². The molecule has 2 rings (SSSR count). The maximum Gasteiger partial charge on any atom is 0.274 e. The zero-order chi connectivity index (χ0) is 10.7. The van der Waals surface area contributed by atoms with Gasteiger partial charge in [0.25, 0.3) is 6.20 Å². The molecule has 6 nitrogen and oxygen atoms in total. The highest BCUT2D eigenvalue weighted by Crippen LogP contribution is 2.11. The number of H-pyrrole nitrogens is 1. The van der Waals surface area contributed by atoms with Gasteiger partial charge in [-0.05, 0) is 12.1 Å². The molecule has 0 radical (unpaired) electrons. The van der Waals surface area contributed by atoms with Gasteiger partial charge in [-0.2, -0.15) is 0 Å². The van der Waals surface area contributed by atoms with E-state index in [2.05, 4.69) is 10.3 Å². The Hall–Kier alpha value is -1.98. The van der Waals surface area contributed by atoms with E-state index in [9.17, 15) is 10.1 Å². The van der Waals surface area contributed by atoms with Crippen molar-refractivity contribution in [1.82, 2.24) is 15.2 Å². The van der Waals surface area contributed by atoms with Gasteiger partial charge in [-0.15, -0.1) is 0 Å². The summed E-state index contributed by atoms with van der Waals surface area (Å²) in [7, 11) is 0. The number of aromatic amines is 1. The number of hydrogen-bond donors (Lipinski definition) is 2. The van der Waals surface area contributed by atoms with Crippen LogP contribution in [-0.4, -0.2) is 27.9 Å². The Bertz CT molecular complexity index is 371. The van der Waals surface area contributed by atoms with Crippen LogP contribution in [0.1, 0.15) is 5.69 Å². The van der Waals surface area contributed by atoms with E-state index in [-0.39, 0.29) is 0 Å². The van der Waals surface area contributed by atoms with Crippen LogP contribution in [-0.2, 0) is 6.54 Å². The van der Waals surface area contributed by atoms with Gasteiger partial charge in [-0.25, -0.2) is 0 Å². The van der Waals surface area contributed by atoms with E-state index in [1.807, 2.05) is 23.2 Å². The average molecular weight is 208 g/mol. The Morgan fingerprint density at radius 2 is 2.53 bits per heavy atom. The van der Waals surface area contributed by atoms with E-state index in [1.165, 1.54) is 0 Å². The molecule has 1 aromatic heterocycles. The maximum atomic E-state index is 10.4. The third kappa shape index (κ3) is 2.28. The molecular formula is C9H12N4O2. The summed E-state index contributed by atoms with van der Waals surface area (Å²) < 4.78 is 0. The van der Waals surface area contributed by atoms with Crippen LogP contribution in [0.3, 0.4) is 0 Å². The molecule has 1 aliphatic heterocycles. The van der Waals surface area contributed by atoms with Crippen molar-refractivity contribution >= 4 is 0 Å². The topological polar surface area (TPSA) is 74.2 Å². The van der Waals surface area contributed by atoms with E-state index in [1.54, 1.807) is 0 Å². The van der Waals surface area contributed by atoms with Gasteiger partial charge in [0.2, 0.25) is 0 Å². The van der Waals surface area contributed by atoms with Crippen LogP contribution in [0.25, 0.3) is 0 Å². The lowest BCUT2D eigenvalue weighted by Crippen LogP contribution is -2.20. The number of aromatic nitrogens is 1. The second-order valence-corrected chi connectivity index (χ2v) is 3.34. The highest BCUT2D eigenvalue weighted by atomic mass is 16.6. The van der Waals surface area contributed by atoms with Crippen LogP contribution in [0, 0.1) is 10.1 Å². The second kappa shape index (κ2) is 4.04. The first-order valence-electron chi connectivity index (χ1n) is 4.72. The third-order valence-electron chi connectivity index (χ3n) is 2.28. The number of nitro groups is 1. The van der Waals surface area contributed by atoms with Crippen LogP contribution in [0.2, 0.25) is 0 Å². The van der Waals surface area contributed by atoms with E-state index >= 15 is 0 Å². The summed E-state index contributed by atoms with van der Waals surface area (Å²) in [5.41, 5.74) is 1.05. The normalized spacial score (nSPS) is 18.1. The molecule has 0 atom stereocenters. The van der Waals surface area contributed by atoms with Gasteiger partial charge in [-0.1, -0.05) is 0 Å². The molecule has 1 fully saturated rings. The van der Waals surface area contributed by atoms with Crippen molar-refractivity contribution < 1.29 is 4.92 Å². The third-order valence-corrected chi connectivity index (χ3v) is 2.28. The Morgan fingerprint density at radius 3 is 3.20 bits per heavy atom. The lowest BCUT2D eigenvalue weighted by Gasteiger charge is -2.15. The minimum Gasteiger partial charge on any atom is -0.365 e. The summed E-state index contributed by atoms with van der Waals surface area (Å²) in [5, 5.41) is 13.3. The Labute approximate surface area is 86.7 Å². The smallest absolute Gasteiger partial charge is 0.274 e. The molecule has 0 bridgehead atoms. The number of nitrogens with one attached hydrogen (secondary N) is 2. The fraction of sp³-hybridized carbons (Fsp3) is 0.333. The molecular weight excluding hydrogens is 196 g/mol. The van der Waals surface area contributed by atoms with Gasteiger partial charge < -0.3 is 15.2 Å². The van der Waals surface area contributed by atoms with E-state index < -0.39 is 4.92 Å². The minimum atomic E-state index is -0.435. The summed E-state index contributed by atoms with van der Waals surface area (Å²) in [6.07, 6.45) is 2.85. The summed E-state index contributed by atoms with van der Waals surface area (Å²) in [5.74, 6) is 0.578. The Balaban J connectivity index is 2.05. The second-order valence-electron chi connectivity index (χ2n) is 3.34. The molecule has 0 amide bonds. The van der Waals surface area contributed by atoms with Crippen LogP contribution in [0.5, 0.6) is 0 Å². The highest BCUT2D eigenvalue weighted by molar-refractivity contribution is 5.08. The largest absolute Gasteiger partial charge is 0.365 e. The van der Waals surface area contributed by atoms with Gasteiger partial charge in [0.05, 0.1) is 11.5 Å². The molecule has 0 unspecified atom stereocenters. The predicted molar refractivity (Wildman–Crippen MR) is 54.3 cm³/mol. The van der Waals surface area contributed by atoms with Crippen LogP contribution in [0.4, 0.5) is 0 Å².